The highest BCUT2D eigenvalue weighted by atomic mass is 32.1. The van der Waals surface area contributed by atoms with Gasteiger partial charge in [-0.1, -0.05) is 0 Å². The van der Waals surface area contributed by atoms with Crippen LogP contribution in [-0.2, 0) is 0 Å². The van der Waals surface area contributed by atoms with Crippen LogP contribution < -0.4 is 11.1 Å². The van der Waals surface area contributed by atoms with Crippen LogP contribution in [0, 0.1) is 5.82 Å². The summed E-state index contributed by atoms with van der Waals surface area (Å²) in [6, 6.07) is 4.30. The van der Waals surface area contributed by atoms with Gasteiger partial charge in [0.25, 0.3) is 0 Å². The molecule has 0 aliphatic rings. The third-order valence-corrected chi connectivity index (χ3v) is 3.17. The minimum absolute atomic E-state index is 0.0177. The number of aromatic nitrogens is 1. The number of nitrogens with zero attached hydrogens (tertiary/aromatic N) is 1. The molecule has 3 nitrogen and oxygen atoms in total. The van der Waals surface area contributed by atoms with E-state index in [0.29, 0.717) is 11.4 Å². The first-order chi connectivity index (χ1) is 7.66. The summed E-state index contributed by atoms with van der Waals surface area (Å²) in [4.78, 5) is 4.19. The van der Waals surface area contributed by atoms with Crippen molar-refractivity contribution in [1.82, 2.24) is 4.98 Å². The Morgan fingerprint density at radius 2 is 2.31 bits per heavy atom. The van der Waals surface area contributed by atoms with Crippen LogP contribution >= 0.6 is 11.3 Å². The Kier molecular flexibility index (Phi) is 3.05. The quantitative estimate of drug-likeness (QED) is 0.807. The smallest absolute Gasteiger partial charge is 0.125 e. The molecule has 0 radical (unpaired) electrons. The summed E-state index contributed by atoms with van der Waals surface area (Å²) < 4.78 is 13.0. The number of nitrogens with two attached hydrogens (primary N) is 1. The first-order valence-electron chi connectivity index (χ1n) is 4.88. The molecule has 0 saturated heterocycles. The summed E-state index contributed by atoms with van der Waals surface area (Å²) in [6.07, 6.45) is 1.74. The minimum atomic E-state index is -0.303. The molecule has 0 saturated carbocycles. The molecule has 0 amide bonds. The van der Waals surface area contributed by atoms with E-state index in [4.69, 9.17) is 5.73 Å². The number of nitrogen functional groups attached to an aromatic ring is 1. The Balaban J connectivity index is 2.17. The molecule has 0 aliphatic carbocycles. The second-order valence-corrected chi connectivity index (χ2v) is 4.39. The fourth-order valence-electron chi connectivity index (χ4n) is 1.40. The zero-order chi connectivity index (χ0) is 11.5. The molecule has 1 heterocycles. The van der Waals surface area contributed by atoms with Crippen molar-refractivity contribution in [2.24, 2.45) is 0 Å². The lowest BCUT2D eigenvalue weighted by Gasteiger charge is -2.14. The van der Waals surface area contributed by atoms with E-state index in [1.807, 2.05) is 12.3 Å². The SMILES string of the molecule is CC(Nc1cc(F)ccc1N)c1nccs1. The maximum absolute atomic E-state index is 13.0. The number of thiazole rings is 1. The molecule has 1 aromatic carbocycles. The standard InChI is InChI=1S/C11H12FN3S/c1-7(11-14-4-5-16-11)15-10-6-8(12)2-3-9(10)13/h2-7,15H,13H2,1H3. The third-order valence-electron chi connectivity index (χ3n) is 2.21. The van der Waals surface area contributed by atoms with Crippen molar-refractivity contribution in [1.29, 1.82) is 0 Å². The van der Waals surface area contributed by atoms with E-state index in [0.717, 1.165) is 5.01 Å². The normalized spacial score (nSPS) is 12.4. The first-order valence-corrected chi connectivity index (χ1v) is 5.76. The number of hydrogen-bond acceptors (Lipinski definition) is 4. The van der Waals surface area contributed by atoms with Crippen molar-refractivity contribution in [2.45, 2.75) is 13.0 Å². The summed E-state index contributed by atoms with van der Waals surface area (Å²) in [7, 11) is 0. The van der Waals surface area contributed by atoms with Gasteiger partial charge in [0, 0.05) is 11.6 Å². The van der Waals surface area contributed by atoms with Crippen molar-refractivity contribution in [3.63, 3.8) is 0 Å². The molecule has 84 valence electrons. The molecule has 2 aromatic rings. The van der Waals surface area contributed by atoms with Gasteiger partial charge in [0.1, 0.15) is 10.8 Å². The maximum Gasteiger partial charge on any atom is 0.125 e. The molecule has 0 aliphatic heterocycles. The number of anilines is 2. The van der Waals surface area contributed by atoms with Gasteiger partial charge in [-0.05, 0) is 25.1 Å². The van der Waals surface area contributed by atoms with Crippen molar-refractivity contribution in [2.75, 3.05) is 11.1 Å². The van der Waals surface area contributed by atoms with E-state index in [9.17, 15) is 4.39 Å². The van der Waals surface area contributed by atoms with Crippen LogP contribution in [0.1, 0.15) is 18.0 Å². The molecule has 3 N–H and O–H groups in total. The zero-order valence-corrected chi connectivity index (χ0v) is 9.59. The van der Waals surface area contributed by atoms with Crippen molar-refractivity contribution in [3.8, 4) is 0 Å². The maximum atomic E-state index is 13.0. The second kappa shape index (κ2) is 4.49. The highest BCUT2D eigenvalue weighted by molar-refractivity contribution is 7.09. The zero-order valence-electron chi connectivity index (χ0n) is 8.77. The third kappa shape index (κ3) is 2.30. The number of nitrogens with one attached hydrogen (secondary N) is 1. The van der Waals surface area contributed by atoms with Gasteiger partial charge in [0.15, 0.2) is 0 Å². The lowest BCUT2D eigenvalue weighted by Crippen LogP contribution is -2.08. The van der Waals surface area contributed by atoms with E-state index in [-0.39, 0.29) is 11.9 Å². The molecule has 1 unspecified atom stereocenters. The van der Waals surface area contributed by atoms with Gasteiger partial charge in [-0.25, -0.2) is 9.37 Å². The average Bonchev–Trinajstić information content (AvgIpc) is 2.76. The van der Waals surface area contributed by atoms with Crippen LogP contribution in [-0.4, -0.2) is 4.98 Å². The minimum Gasteiger partial charge on any atom is -0.397 e. The average molecular weight is 237 g/mol. The Morgan fingerprint density at radius 1 is 1.50 bits per heavy atom. The molecule has 0 fully saturated rings. The Bertz CT molecular complexity index is 470. The van der Waals surface area contributed by atoms with E-state index in [1.54, 1.807) is 23.6 Å². The van der Waals surface area contributed by atoms with Crippen molar-refractivity contribution >= 4 is 22.7 Å². The predicted molar refractivity (Wildman–Crippen MR) is 65.0 cm³/mol. The Morgan fingerprint density at radius 3 is 3.00 bits per heavy atom. The topological polar surface area (TPSA) is 50.9 Å². The fraction of sp³-hybridized carbons (Fsp3) is 0.182. The van der Waals surface area contributed by atoms with Crippen LogP contribution in [0.15, 0.2) is 29.8 Å². The van der Waals surface area contributed by atoms with E-state index >= 15 is 0 Å². The highest BCUT2D eigenvalue weighted by Crippen LogP contribution is 2.25. The van der Waals surface area contributed by atoms with Gasteiger partial charge in [-0.3, -0.25) is 0 Å². The van der Waals surface area contributed by atoms with Crippen molar-refractivity contribution < 1.29 is 4.39 Å². The van der Waals surface area contributed by atoms with Gasteiger partial charge < -0.3 is 11.1 Å². The molecular formula is C11H12FN3S. The van der Waals surface area contributed by atoms with Gasteiger partial charge in [0.2, 0.25) is 0 Å². The van der Waals surface area contributed by atoms with Gasteiger partial charge >= 0.3 is 0 Å². The second-order valence-electron chi connectivity index (χ2n) is 3.47. The number of benzene rings is 1. The number of rotatable bonds is 3. The van der Waals surface area contributed by atoms with Crippen molar-refractivity contribution in [3.05, 3.63) is 40.6 Å². The summed E-state index contributed by atoms with van der Waals surface area (Å²) in [5, 5.41) is 5.99. The highest BCUT2D eigenvalue weighted by Gasteiger charge is 2.09. The molecule has 0 spiro atoms. The molecule has 2 rings (SSSR count). The van der Waals surface area contributed by atoms with Gasteiger partial charge in [-0.2, -0.15) is 0 Å². The first kappa shape index (κ1) is 10.9. The van der Waals surface area contributed by atoms with E-state index in [1.165, 1.54) is 12.1 Å². The number of halogens is 1. The molecule has 5 heteroatoms. The van der Waals surface area contributed by atoms with Crippen LogP contribution in [0.4, 0.5) is 15.8 Å². The summed E-state index contributed by atoms with van der Waals surface area (Å²) in [5.74, 6) is -0.303. The van der Waals surface area contributed by atoms with Gasteiger partial charge in [-0.15, -0.1) is 11.3 Å². The Hall–Kier alpha value is -1.62. The molecular weight excluding hydrogens is 225 g/mol. The van der Waals surface area contributed by atoms with Crippen LogP contribution in [0.5, 0.6) is 0 Å². The van der Waals surface area contributed by atoms with Crippen LogP contribution in [0.25, 0.3) is 0 Å². The summed E-state index contributed by atoms with van der Waals surface area (Å²) in [6.45, 7) is 1.96. The number of hydrogen-bond donors (Lipinski definition) is 2. The summed E-state index contributed by atoms with van der Waals surface area (Å²) >= 11 is 1.55. The van der Waals surface area contributed by atoms with E-state index < -0.39 is 0 Å². The monoisotopic (exact) mass is 237 g/mol. The lowest BCUT2D eigenvalue weighted by atomic mass is 10.2. The summed E-state index contributed by atoms with van der Waals surface area (Å²) in [5.41, 5.74) is 6.88. The molecule has 0 bridgehead atoms. The molecule has 16 heavy (non-hydrogen) atoms. The predicted octanol–water partition coefficient (Wildman–Crippen LogP) is 3.04. The molecule has 1 aromatic heterocycles. The lowest BCUT2D eigenvalue weighted by molar-refractivity contribution is 0.628. The fourth-order valence-corrected chi connectivity index (χ4v) is 2.04. The Labute approximate surface area is 97.1 Å². The van der Waals surface area contributed by atoms with Gasteiger partial charge in [0.05, 0.1) is 17.4 Å². The van der Waals surface area contributed by atoms with Crippen LogP contribution in [0.2, 0.25) is 0 Å². The largest absolute Gasteiger partial charge is 0.397 e. The molecule has 1 atom stereocenters. The van der Waals surface area contributed by atoms with E-state index in [2.05, 4.69) is 10.3 Å². The van der Waals surface area contributed by atoms with Crippen LogP contribution in [0.3, 0.4) is 0 Å².